The number of alkyl halides is 3. The minimum atomic E-state index is -4.50. The number of aliphatic hydroxyl groups excluding tert-OH is 2. The summed E-state index contributed by atoms with van der Waals surface area (Å²) in [5, 5.41) is 31.0. The van der Waals surface area contributed by atoms with Crippen LogP contribution in [0.15, 0.2) is 87.5 Å². The molecular formula is C41H56F3N7O16P4S2. The Bertz CT molecular complexity index is 2550. The fourth-order valence-electron chi connectivity index (χ4n) is 7.19. The van der Waals surface area contributed by atoms with E-state index in [-0.39, 0.29) is 43.3 Å². The number of H-pyrrole nitrogens is 1. The Labute approximate surface area is 430 Å². The zero-order valence-corrected chi connectivity index (χ0v) is 44.1. The normalized spacial score (nSPS) is 21.4. The highest BCUT2D eigenvalue weighted by molar-refractivity contribution is 7.99. The topological polar surface area (TPSA) is 310 Å². The molecule has 3 aliphatic rings. The summed E-state index contributed by atoms with van der Waals surface area (Å²) in [6.07, 6.45) is 0.857. The van der Waals surface area contributed by atoms with Crippen molar-refractivity contribution < 1.29 is 79.5 Å². The molecule has 3 aromatic heterocycles. The molecule has 1 aromatic carbocycles. The second-order valence-corrected chi connectivity index (χ2v) is 20.7. The minimum absolute atomic E-state index is 0.0320. The van der Waals surface area contributed by atoms with E-state index in [1.54, 1.807) is 4.57 Å². The van der Waals surface area contributed by atoms with E-state index in [4.69, 9.17) is 51.8 Å². The third-order valence-corrected chi connectivity index (χ3v) is 14.0. The van der Waals surface area contributed by atoms with Gasteiger partial charge < -0.3 is 53.5 Å². The largest absolute Gasteiger partial charge is 0.472 e. The Morgan fingerprint density at radius 3 is 2.52 bits per heavy atom. The number of ether oxygens (including phenoxy) is 3. The number of phosphoric ester groups is 1. The number of hydrogen-bond acceptors (Lipinski definition) is 20. The first-order chi connectivity index (χ1) is 35.0. The van der Waals surface area contributed by atoms with Gasteiger partial charge in [0.05, 0.1) is 38.2 Å². The first kappa shape index (κ1) is 60.8. The Morgan fingerprint density at radius 2 is 1.82 bits per heavy atom. The number of hydrogen-bond donors (Lipinski definition) is 8. The third-order valence-electron chi connectivity index (χ3n) is 10.3. The molecule has 8 unspecified atom stereocenters. The van der Waals surface area contributed by atoms with Gasteiger partial charge in [0.2, 0.25) is 0 Å². The molecule has 32 heteroatoms. The number of benzene rings is 1. The monoisotopic (exact) mass is 1150 g/mol. The lowest BCUT2D eigenvalue weighted by Crippen LogP contribution is -2.37. The van der Waals surface area contributed by atoms with Gasteiger partial charge in [0, 0.05) is 58.4 Å². The van der Waals surface area contributed by atoms with Crippen LogP contribution in [0.1, 0.15) is 63.0 Å². The van der Waals surface area contributed by atoms with Crippen molar-refractivity contribution in [2.75, 3.05) is 42.9 Å². The van der Waals surface area contributed by atoms with E-state index in [1.807, 2.05) is 48.6 Å². The van der Waals surface area contributed by atoms with Crippen LogP contribution in [0.25, 0.3) is 11.2 Å². The van der Waals surface area contributed by atoms with E-state index in [0.717, 1.165) is 35.7 Å². The maximum atomic E-state index is 12.8. The average molecular weight is 1150 g/mol. The van der Waals surface area contributed by atoms with Crippen LogP contribution in [-0.2, 0) is 47.6 Å². The first-order valence-electron chi connectivity index (χ1n) is 22.3. The SMILES string of the molecule is O=PO.O=c1ccn(C2OC(COPOPCOP(=O)(O)OCC3CCC(n4cnc5c(NCCS)nc(SCCC(F)(F)F)nc54)O3)C[C@H]2OC(O)CC2=CCCC=C2)c(=O)[nH]1.OC(O)Cc1ccccc1. The van der Waals surface area contributed by atoms with Crippen molar-refractivity contribution in [1.29, 1.82) is 0 Å². The molecular weight excluding hydrogens is 1090 g/mol. The summed E-state index contributed by atoms with van der Waals surface area (Å²) in [7, 11) is -6.22. The van der Waals surface area contributed by atoms with Crippen LogP contribution in [0.3, 0.4) is 0 Å². The van der Waals surface area contributed by atoms with Gasteiger partial charge in [0.25, 0.3) is 5.56 Å². The zero-order valence-electron chi connectivity index (χ0n) is 38.6. The highest BCUT2D eigenvalue weighted by Gasteiger charge is 2.40. The molecule has 2 aliphatic heterocycles. The summed E-state index contributed by atoms with van der Waals surface area (Å²) in [5.74, 6) is 0.568. The molecule has 73 heavy (non-hydrogen) atoms. The number of aromatic amines is 1. The Kier molecular flexibility index (Phi) is 26.0. The van der Waals surface area contributed by atoms with Crippen LogP contribution < -0.4 is 16.6 Å². The number of nitrogens with zero attached hydrogens (tertiary/aromatic N) is 5. The van der Waals surface area contributed by atoms with Gasteiger partial charge in [0.1, 0.15) is 18.7 Å². The van der Waals surface area contributed by atoms with Gasteiger partial charge in [-0.25, -0.2) is 28.9 Å². The second-order valence-electron chi connectivity index (χ2n) is 15.8. The van der Waals surface area contributed by atoms with Gasteiger partial charge in [-0.05, 0) is 36.8 Å². The average Bonchev–Trinajstić information content (AvgIpc) is 4.09. The predicted octanol–water partition coefficient (Wildman–Crippen LogP) is 6.05. The van der Waals surface area contributed by atoms with Gasteiger partial charge in [-0.1, -0.05) is 60.3 Å². The van der Waals surface area contributed by atoms with Crippen LogP contribution in [0.5, 0.6) is 0 Å². The highest BCUT2D eigenvalue weighted by Crippen LogP contribution is 2.47. The first-order valence-corrected chi connectivity index (χ1v) is 28.1. The van der Waals surface area contributed by atoms with E-state index in [2.05, 4.69) is 37.9 Å². The van der Waals surface area contributed by atoms with Crippen LogP contribution in [0.4, 0.5) is 19.0 Å². The van der Waals surface area contributed by atoms with Crippen LogP contribution in [0, 0.1) is 0 Å². The van der Waals surface area contributed by atoms with Crippen LogP contribution in [-0.4, -0.2) is 129 Å². The Morgan fingerprint density at radius 1 is 1.04 bits per heavy atom. The minimum Gasteiger partial charge on any atom is -0.368 e. The lowest BCUT2D eigenvalue weighted by atomic mass is 10.0. The molecule has 0 bridgehead atoms. The maximum Gasteiger partial charge on any atom is 0.472 e. The Balaban J connectivity index is 0.000000666. The molecule has 0 amide bonds. The van der Waals surface area contributed by atoms with E-state index in [9.17, 15) is 37.3 Å². The zero-order chi connectivity index (χ0) is 52.8. The molecule has 4 aromatic rings. The molecule has 1 aliphatic carbocycles. The molecule has 2 fully saturated rings. The lowest BCUT2D eigenvalue weighted by Gasteiger charge is -2.24. The van der Waals surface area contributed by atoms with Gasteiger partial charge in [0.15, 0.2) is 50.0 Å². The molecule has 9 atom stereocenters. The number of phosphoric acid groups is 1. The molecule has 23 nitrogen and oxygen atoms in total. The number of thiol groups is 1. The van der Waals surface area contributed by atoms with Crippen molar-refractivity contribution in [3.05, 3.63) is 99.1 Å². The van der Waals surface area contributed by atoms with Gasteiger partial charge in [-0.3, -0.25) is 28.0 Å². The number of thioether (sulfide) groups is 1. The smallest absolute Gasteiger partial charge is 0.368 e. The van der Waals surface area contributed by atoms with Gasteiger partial charge in [-0.2, -0.15) is 25.8 Å². The fourth-order valence-corrected chi connectivity index (χ4v) is 10.4. The second kappa shape index (κ2) is 31.2. The number of aliphatic hydroxyl groups is 3. The standard InChI is InChI=1S/C33H45F3N7O12P3S2.C8H10O2.HO2P/c34-33(35,36)9-13-60-31-40-28(37-10-12-59)27-29(41-31)43(18-38-27)25-7-6-21(52-25)17-50-58(47,48)51-19-56-55-57-49-16-22-15-23(54-26(45)14-20-4-2-1-3-5-20)30(53-22)42-11-8-24(44)39-32(42)46;9-8(10)6-7-4-2-1-3-5-7;1-3-2/h2,4-5,8,11,18,21-23,25-26,30,45,56-57,59H,1,3,6-7,9-10,12-17,19H2,(H,47,48)(H,37,40,41)(H,39,44,46);1-5,8-10H,6H2;(H,1,2)/t21?,22?,23-,25?,26?,30?;;/m1../s1. The molecule has 0 radical (unpaired) electrons. The lowest BCUT2D eigenvalue weighted by molar-refractivity contribution is -0.163. The van der Waals surface area contributed by atoms with E-state index in [0.29, 0.717) is 48.5 Å². The van der Waals surface area contributed by atoms with Gasteiger partial charge >= 0.3 is 28.4 Å². The molecule has 7 N–H and O–H groups in total. The summed E-state index contributed by atoms with van der Waals surface area (Å²) < 4.78 is 101. The summed E-state index contributed by atoms with van der Waals surface area (Å²) in [5.41, 5.74) is 1.36. The summed E-state index contributed by atoms with van der Waals surface area (Å²) >= 11 is 5.06. The molecule has 2 saturated heterocycles. The number of anilines is 1. The summed E-state index contributed by atoms with van der Waals surface area (Å²) in [6, 6.07) is 10.5. The molecule has 0 saturated carbocycles. The van der Waals surface area contributed by atoms with Crippen molar-refractivity contribution in [2.24, 2.45) is 0 Å². The van der Waals surface area contributed by atoms with E-state index < -0.39 is 102 Å². The molecule has 5 heterocycles. The molecule has 0 spiro atoms. The van der Waals surface area contributed by atoms with Crippen molar-refractivity contribution >= 4 is 75.7 Å². The summed E-state index contributed by atoms with van der Waals surface area (Å²) in [4.78, 5) is 56.8. The number of halogens is 3. The number of fused-ring (bicyclic) bond motifs is 1. The number of nitrogens with one attached hydrogen (secondary N) is 2. The fraction of sp³-hybridized carbons (Fsp3) is 0.537. The highest BCUT2D eigenvalue weighted by atomic mass is 32.2. The van der Waals surface area contributed by atoms with E-state index in [1.165, 1.54) is 23.2 Å². The van der Waals surface area contributed by atoms with Crippen molar-refractivity contribution in [2.45, 2.75) is 106 Å². The van der Waals surface area contributed by atoms with Crippen LogP contribution >= 0.6 is 58.7 Å². The van der Waals surface area contributed by atoms with Crippen molar-refractivity contribution in [3.8, 4) is 0 Å². The third kappa shape index (κ3) is 21.5. The molecule has 7 rings (SSSR count). The summed E-state index contributed by atoms with van der Waals surface area (Å²) in [6.45, 7) is 0.199. The number of imidazole rings is 1. The van der Waals surface area contributed by atoms with Gasteiger partial charge in [-0.15, -0.1) is 0 Å². The van der Waals surface area contributed by atoms with Crippen LogP contribution in [0.2, 0.25) is 0 Å². The quantitative estimate of drug-likeness (QED) is 0.00935. The predicted molar refractivity (Wildman–Crippen MR) is 268 cm³/mol. The number of rotatable bonds is 25. The van der Waals surface area contributed by atoms with Crippen molar-refractivity contribution in [1.82, 2.24) is 29.1 Å². The van der Waals surface area contributed by atoms with Crippen molar-refractivity contribution in [3.63, 3.8) is 0 Å². The Hall–Kier alpha value is -3.07. The number of aromatic nitrogens is 6. The van der Waals surface area contributed by atoms with E-state index >= 15 is 0 Å². The number of allylic oxidation sites excluding steroid dienone is 3. The molecule has 404 valence electrons. The maximum absolute atomic E-state index is 12.8.